The molecule has 0 heterocycles. The van der Waals surface area contributed by atoms with Gasteiger partial charge in [0, 0.05) is 19.5 Å². The zero-order valence-electron chi connectivity index (χ0n) is 14.8. The fourth-order valence-electron chi connectivity index (χ4n) is 2.02. The van der Waals surface area contributed by atoms with E-state index in [-0.39, 0.29) is 24.6 Å². The first-order valence-corrected chi connectivity index (χ1v) is 7.66. The number of hydrogen-bond acceptors (Lipinski definition) is 4. The van der Waals surface area contributed by atoms with Gasteiger partial charge in [-0.05, 0) is 38.8 Å². The van der Waals surface area contributed by atoms with Crippen molar-refractivity contribution >= 4 is 12.0 Å². The Labute approximate surface area is 141 Å². The zero-order chi connectivity index (χ0) is 18.3. The van der Waals surface area contributed by atoms with Crippen molar-refractivity contribution in [3.63, 3.8) is 0 Å². The van der Waals surface area contributed by atoms with Gasteiger partial charge in [-0.2, -0.15) is 0 Å². The fourth-order valence-corrected chi connectivity index (χ4v) is 2.02. The van der Waals surface area contributed by atoms with Crippen LogP contribution in [0.3, 0.4) is 0 Å². The molecule has 1 unspecified atom stereocenters. The minimum Gasteiger partial charge on any atom is -0.444 e. The lowest BCUT2D eigenvalue weighted by Crippen LogP contribution is -2.43. The largest absolute Gasteiger partial charge is 0.444 e. The predicted molar refractivity (Wildman–Crippen MR) is 87.7 cm³/mol. The van der Waals surface area contributed by atoms with Crippen molar-refractivity contribution in [1.82, 2.24) is 10.4 Å². The fraction of sp³-hybridized carbons (Fsp3) is 0.529. The average molecular weight is 340 g/mol. The number of amides is 2. The molecule has 1 aromatic carbocycles. The summed E-state index contributed by atoms with van der Waals surface area (Å²) in [6, 6.07) is 5.61. The van der Waals surface area contributed by atoms with Gasteiger partial charge in [-0.3, -0.25) is 9.63 Å². The van der Waals surface area contributed by atoms with Gasteiger partial charge >= 0.3 is 6.09 Å². The number of carbonyl (C=O) groups excluding carboxylic acids is 2. The topological polar surface area (TPSA) is 67.9 Å². The van der Waals surface area contributed by atoms with Crippen molar-refractivity contribution < 1.29 is 23.6 Å². The zero-order valence-corrected chi connectivity index (χ0v) is 14.8. The number of carbonyl (C=O) groups is 2. The van der Waals surface area contributed by atoms with Crippen LogP contribution >= 0.6 is 0 Å². The standard InChI is InChI=1S/C17H25FN2O4/c1-17(2,3)24-16(22)19-13(11-15(21)20(4)23-5)10-12-8-6-7-9-14(12)18/h6-9,13H,10-11H2,1-5H3,(H,19,22). The van der Waals surface area contributed by atoms with E-state index >= 15 is 0 Å². The van der Waals surface area contributed by atoms with E-state index in [1.165, 1.54) is 20.2 Å². The molecular weight excluding hydrogens is 315 g/mol. The van der Waals surface area contributed by atoms with Gasteiger partial charge in [0.1, 0.15) is 11.4 Å². The van der Waals surface area contributed by atoms with Crippen LogP contribution < -0.4 is 5.32 Å². The van der Waals surface area contributed by atoms with Gasteiger partial charge in [0.05, 0.1) is 7.11 Å². The second kappa shape index (κ2) is 8.63. The Morgan fingerprint density at radius 3 is 2.46 bits per heavy atom. The van der Waals surface area contributed by atoms with Crippen LogP contribution in [0, 0.1) is 5.82 Å². The molecule has 0 spiro atoms. The molecule has 0 aliphatic heterocycles. The Hall–Kier alpha value is -2.15. The van der Waals surface area contributed by atoms with E-state index in [1.807, 2.05) is 0 Å². The van der Waals surface area contributed by atoms with Crippen LogP contribution in [0.1, 0.15) is 32.8 Å². The molecule has 0 aromatic heterocycles. The smallest absolute Gasteiger partial charge is 0.407 e. The van der Waals surface area contributed by atoms with Crippen LogP contribution in [-0.2, 0) is 20.8 Å². The third-order valence-electron chi connectivity index (χ3n) is 3.19. The monoisotopic (exact) mass is 340 g/mol. The number of ether oxygens (including phenoxy) is 1. The number of hydrogen-bond donors (Lipinski definition) is 1. The van der Waals surface area contributed by atoms with Crippen molar-refractivity contribution in [2.45, 2.75) is 45.3 Å². The Kier molecular flexibility index (Phi) is 7.16. The summed E-state index contributed by atoms with van der Waals surface area (Å²) in [7, 11) is 2.83. The van der Waals surface area contributed by atoms with Gasteiger partial charge in [-0.15, -0.1) is 0 Å². The summed E-state index contributed by atoms with van der Waals surface area (Å²) < 4.78 is 19.1. The van der Waals surface area contributed by atoms with Crippen LogP contribution in [-0.4, -0.2) is 42.9 Å². The molecule has 0 saturated carbocycles. The highest BCUT2D eigenvalue weighted by molar-refractivity contribution is 5.76. The highest BCUT2D eigenvalue weighted by atomic mass is 19.1. The molecule has 0 fully saturated rings. The van der Waals surface area contributed by atoms with Gasteiger partial charge in [-0.1, -0.05) is 18.2 Å². The SMILES string of the molecule is CON(C)C(=O)CC(Cc1ccccc1F)NC(=O)OC(C)(C)C. The molecule has 6 nitrogen and oxygen atoms in total. The Morgan fingerprint density at radius 1 is 1.29 bits per heavy atom. The molecule has 0 radical (unpaired) electrons. The normalized spacial score (nSPS) is 12.4. The second-order valence-corrected chi connectivity index (χ2v) is 6.42. The highest BCUT2D eigenvalue weighted by Crippen LogP contribution is 2.13. The van der Waals surface area contributed by atoms with Gasteiger partial charge in [0.2, 0.25) is 5.91 Å². The van der Waals surface area contributed by atoms with Gasteiger partial charge < -0.3 is 10.1 Å². The predicted octanol–water partition coefficient (Wildman–Crippen LogP) is 2.67. The quantitative estimate of drug-likeness (QED) is 0.809. The van der Waals surface area contributed by atoms with E-state index in [2.05, 4.69) is 5.32 Å². The number of nitrogens with zero attached hydrogens (tertiary/aromatic N) is 1. The van der Waals surface area contributed by atoms with E-state index in [9.17, 15) is 14.0 Å². The van der Waals surface area contributed by atoms with E-state index in [0.29, 0.717) is 5.56 Å². The van der Waals surface area contributed by atoms with Crippen molar-refractivity contribution in [3.8, 4) is 0 Å². The van der Waals surface area contributed by atoms with Crippen molar-refractivity contribution in [2.24, 2.45) is 0 Å². The summed E-state index contributed by atoms with van der Waals surface area (Å²) in [5.41, 5.74) is -0.258. The van der Waals surface area contributed by atoms with E-state index in [4.69, 9.17) is 9.57 Å². The third kappa shape index (κ3) is 6.95. The molecule has 7 heteroatoms. The van der Waals surface area contributed by atoms with E-state index in [0.717, 1.165) is 5.06 Å². The molecule has 1 aromatic rings. The maximum Gasteiger partial charge on any atom is 0.407 e. The lowest BCUT2D eigenvalue weighted by molar-refractivity contribution is -0.169. The number of halogens is 1. The van der Waals surface area contributed by atoms with Crippen LogP contribution in [0.25, 0.3) is 0 Å². The Balaban J connectivity index is 2.84. The molecule has 0 aliphatic carbocycles. The van der Waals surface area contributed by atoms with Gasteiger partial charge in [-0.25, -0.2) is 14.2 Å². The van der Waals surface area contributed by atoms with E-state index in [1.54, 1.807) is 39.0 Å². The molecule has 0 saturated heterocycles. The minimum absolute atomic E-state index is 0.0437. The van der Waals surface area contributed by atoms with Crippen LogP contribution in [0.2, 0.25) is 0 Å². The number of alkyl carbamates (subject to hydrolysis) is 1. The van der Waals surface area contributed by atoms with Crippen molar-refractivity contribution in [1.29, 1.82) is 0 Å². The summed E-state index contributed by atoms with van der Waals surface area (Å²) in [5, 5.41) is 3.69. The maximum atomic E-state index is 13.9. The first-order chi connectivity index (χ1) is 11.1. The molecule has 0 bridgehead atoms. The number of benzene rings is 1. The molecule has 2 amide bonds. The minimum atomic E-state index is -0.667. The number of hydroxylamine groups is 2. The number of nitrogens with one attached hydrogen (secondary N) is 1. The summed E-state index contributed by atoms with van der Waals surface area (Å²) in [6.45, 7) is 5.22. The molecule has 24 heavy (non-hydrogen) atoms. The van der Waals surface area contributed by atoms with Crippen molar-refractivity contribution in [2.75, 3.05) is 14.2 Å². The van der Waals surface area contributed by atoms with Gasteiger partial charge in [0.25, 0.3) is 0 Å². The Bertz CT molecular complexity index is 572. The van der Waals surface area contributed by atoms with Gasteiger partial charge in [0.15, 0.2) is 0 Å². The average Bonchev–Trinajstić information content (AvgIpc) is 2.46. The molecule has 1 rings (SSSR count). The maximum absolute atomic E-state index is 13.9. The molecular formula is C17H25FN2O4. The first kappa shape index (κ1) is 19.9. The van der Waals surface area contributed by atoms with Crippen molar-refractivity contribution in [3.05, 3.63) is 35.6 Å². The first-order valence-electron chi connectivity index (χ1n) is 7.66. The number of rotatable bonds is 6. The Morgan fingerprint density at radius 2 is 1.92 bits per heavy atom. The molecule has 0 aliphatic rings. The lowest BCUT2D eigenvalue weighted by atomic mass is 10.0. The molecule has 1 atom stereocenters. The third-order valence-corrected chi connectivity index (χ3v) is 3.19. The van der Waals surface area contributed by atoms with Crippen LogP contribution in [0.5, 0.6) is 0 Å². The molecule has 134 valence electrons. The summed E-state index contributed by atoms with van der Waals surface area (Å²) >= 11 is 0. The second-order valence-electron chi connectivity index (χ2n) is 6.42. The van der Waals surface area contributed by atoms with E-state index < -0.39 is 17.7 Å². The highest BCUT2D eigenvalue weighted by Gasteiger charge is 2.23. The lowest BCUT2D eigenvalue weighted by Gasteiger charge is -2.24. The van der Waals surface area contributed by atoms with Crippen LogP contribution in [0.15, 0.2) is 24.3 Å². The van der Waals surface area contributed by atoms with Crippen LogP contribution in [0.4, 0.5) is 9.18 Å². The summed E-state index contributed by atoms with van der Waals surface area (Å²) in [6.07, 6.45) is -0.538. The molecule has 1 N–H and O–H groups in total. The summed E-state index contributed by atoms with van der Waals surface area (Å²) in [5.74, 6) is -0.726. The summed E-state index contributed by atoms with van der Waals surface area (Å²) in [4.78, 5) is 28.9.